The predicted molar refractivity (Wildman–Crippen MR) is 57.3 cm³/mol. The molecule has 0 fully saturated rings. The van der Waals surface area contributed by atoms with Crippen molar-refractivity contribution < 1.29 is 22.5 Å². The molecule has 15 heavy (non-hydrogen) atoms. The van der Waals surface area contributed by atoms with Crippen molar-refractivity contribution in [3.8, 4) is 0 Å². The van der Waals surface area contributed by atoms with Crippen molar-refractivity contribution in [2.24, 2.45) is 0 Å². The van der Waals surface area contributed by atoms with Crippen LogP contribution in [0, 0.1) is 0 Å². The van der Waals surface area contributed by atoms with Crippen molar-refractivity contribution >= 4 is 45.6 Å². The summed E-state index contributed by atoms with van der Waals surface area (Å²) in [5, 5.41) is 0. The van der Waals surface area contributed by atoms with Crippen LogP contribution in [0.4, 0.5) is 0 Å². The number of hydrogen-bond donors (Lipinski definition) is 1. The molecule has 0 spiro atoms. The fourth-order valence-corrected chi connectivity index (χ4v) is 1.52. The zero-order valence-electron chi connectivity index (χ0n) is 9.23. The first-order valence-electron chi connectivity index (χ1n) is 4.50. The van der Waals surface area contributed by atoms with Crippen molar-refractivity contribution in [1.29, 1.82) is 0 Å². The summed E-state index contributed by atoms with van der Waals surface area (Å²) in [5.74, 6) is -0.497. The van der Waals surface area contributed by atoms with Gasteiger partial charge in [-0.05, 0) is 12.8 Å². The summed E-state index contributed by atoms with van der Waals surface area (Å²) in [6.45, 7) is 1.72. The van der Waals surface area contributed by atoms with Crippen molar-refractivity contribution in [2.75, 3.05) is 12.4 Å². The van der Waals surface area contributed by atoms with Gasteiger partial charge in [0.25, 0.3) is 10.1 Å². The molecule has 1 radical (unpaired) electrons. The van der Waals surface area contributed by atoms with E-state index in [1.54, 1.807) is 0 Å². The molecule has 0 aromatic rings. The van der Waals surface area contributed by atoms with Crippen molar-refractivity contribution in [3.05, 3.63) is 0 Å². The Morgan fingerprint density at radius 2 is 1.73 bits per heavy atom. The minimum absolute atomic E-state index is 0. The van der Waals surface area contributed by atoms with Gasteiger partial charge in [-0.1, -0.05) is 12.8 Å². The number of ether oxygens (including phenoxy) is 1. The van der Waals surface area contributed by atoms with E-state index in [9.17, 15) is 13.2 Å². The van der Waals surface area contributed by atoms with E-state index in [-0.39, 0.29) is 41.3 Å². The second kappa shape index (κ2) is 9.59. The summed E-state index contributed by atoms with van der Waals surface area (Å²) in [6.07, 6.45) is 2.67. The SMILES string of the molecule is CC(=O)OCCCCCCS(=O)(=O)O.[Na]. The van der Waals surface area contributed by atoms with E-state index in [1.807, 2.05) is 0 Å². The van der Waals surface area contributed by atoms with Gasteiger partial charge in [-0.3, -0.25) is 9.35 Å². The van der Waals surface area contributed by atoms with Crippen LogP contribution in [0.3, 0.4) is 0 Å². The monoisotopic (exact) mass is 247 g/mol. The van der Waals surface area contributed by atoms with Crippen LogP contribution in [-0.4, -0.2) is 60.9 Å². The molecule has 0 amide bonds. The molecule has 85 valence electrons. The maximum absolute atomic E-state index is 10.3. The van der Waals surface area contributed by atoms with E-state index in [1.165, 1.54) is 6.92 Å². The average molecular weight is 247 g/mol. The van der Waals surface area contributed by atoms with Gasteiger partial charge in [-0.2, -0.15) is 8.42 Å². The largest absolute Gasteiger partial charge is 0.466 e. The zero-order valence-corrected chi connectivity index (χ0v) is 12.0. The van der Waals surface area contributed by atoms with Crippen LogP contribution in [0.15, 0.2) is 0 Å². The Labute approximate surface area is 113 Å². The minimum atomic E-state index is -3.82. The molecule has 0 saturated heterocycles. The second-order valence-corrected chi connectivity index (χ2v) is 4.61. The van der Waals surface area contributed by atoms with Crippen LogP contribution < -0.4 is 0 Å². The van der Waals surface area contributed by atoms with Crippen LogP contribution in [0.25, 0.3) is 0 Å². The summed E-state index contributed by atoms with van der Waals surface area (Å²) in [4.78, 5) is 10.3. The second-order valence-electron chi connectivity index (χ2n) is 3.04. The normalized spacial score (nSPS) is 10.5. The smallest absolute Gasteiger partial charge is 0.302 e. The maximum Gasteiger partial charge on any atom is 0.302 e. The van der Waals surface area contributed by atoms with Gasteiger partial charge in [0, 0.05) is 36.5 Å². The number of esters is 1. The third-order valence-electron chi connectivity index (χ3n) is 1.60. The van der Waals surface area contributed by atoms with Crippen LogP contribution in [-0.2, 0) is 19.6 Å². The molecule has 0 aromatic carbocycles. The quantitative estimate of drug-likeness (QED) is 0.308. The Morgan fingerprint density at radius 1 is 1.20 bits per heavy atom. The van der Waals surface area contributed by atoms with Crippen LogP contribution in [0.1, 0.15) is 32.6 Å². The molecule has 7 heteroatoms. The Hall–Kier alpha value is 0.380. The zero-order chi connectivity index (χ0) is 11.0. The van der Waals surface area contributed by atoms with Gasteiger partial charge in [0.05, 0.1) is 12.4 Å². The van der Waals surface area contributed by atoms with E-state index < -0.39 is 10.1 Å². The number of hydrogen-bond acceptors (Lipinski definition) is 4. The molecule has 0 saturated carbocycles. The van der Waals surface area contributed by atoms with Crippen molar-refractivity contribution in [3.63, 3.8) is 0 Å². The Morgan fingerprint density at radius 3 is 2.20 bits per heavy atom. The van der Waals surface area contributed by atoms with Gasteiger partial charge < -0.3 is 4.74 Å². The summed E-state index contributed by atoms with van der Waals surface area (Å²) in [7, 11) is -3.82. The van der Waals surface area contributed by atoms with Gasteiger partial charge >= 0.3 is 5.97 Å². The molecule has 0 aliphatic rings. The molecule has 0 bridgehead atoms. The number of unbranched alkanes of at least 4 members (excludes halogenated alkanes) is 3. The average Bonchev–Trinajstić information content (AvgIpc) is 2.00. The molecule has 1 N–H and O–H groups in total. The van der Waals surface area contributed by atoms with Crippen molar-refractivity contribution in [2.45, 2.75) is 32.6 Å². The number of carbonyl (C=O) groups is 1. The number of carbonyl (C=O) groups excluding carboxylic acids is 1. The maximum atomic E-state index is 10.3. The first-order valence-corrected chi connectivity index (χ1v) is 6.11. The first-order chi connectivity index (χ1) is 6.42. The minimum Gasteiger partial charge on any atom is -0.466 e. The van der Waals surface area contributed by atoms with E-state index >= 15 is 0 Å². The Balaban J connectivity index is 0. The molecule has 0 aliphatic heterocycles. The number of rotatable bonds is 7. The van der Waals surface area contributed by atoms with Gasteiger partial charge in [-0.25, -0.2) is 0 Å². The predicted octanol–water partition coefficient (Wildman–Crippen LogP) is 0.617. The van der Waals surface area contributed by atoms with E-state index in [0.29, 0.717) is 19.4 Å². The molecular formula is C8H16NaO5S. The molecule has 0 rings (SSSR count). The summed E-state index contributed by atoms with van der Waals surface area (Å²) in [6, 6.07) is 0. The summed E-state index contributed by atoms with van der Waals surface area (Å²) >= 11 is 0. The fraction of sp³-hybridized carbons (Fsp3) is 0.875. The van der Waals surface area contributed by atoms with Gasteiger partial charge in [-0.15, -0.1) is 0 Å². The molecule has 0 aliphatic carbocycles. The molecule has 0 unspecified atom stereocenters. The van der Waals surface area contributed by atoms with E-state index in [4.69, 9.17) is 4.55 Å². The molecular weight excluding hydrogens is 231 g/mol. The molecule has 0 aromatic heterocycles. The van der Waals surface area contributed by atoms with E-state index in [2.05, 4.69) is 4.74 Å². The van der Waals surface area contributed by atoms with E-state index in [0.717, 1.165) is 12.8 Å². The van der Waals surface area contributed by atoms with Crippen molar-refractivity contribution in [1.82, 2.24) is 0 Å². The van der Waals surface area contributed by atoms with Gasteiger partial charge in [0.1, 0.15) is 0 Å². The first kappa shape index (κ1) is 17.8. The third kappa shape index (κ3) is 17.0. The summed E-state index contributed by atoms with van der Waals surface area (Å²) in [5.41, 5.74) is 0. The van der Waals surface area contributed by atoms with Crippen LogP contribution in [0.5, 0.6) is 0 Å². The molecule has 5 nitrogen and oxygen atoms in total. The fourth-order valence-electron chi connectivity index (χ4n) is 0.956. The standard InChI is InChI=1S/C8H16O5S.Na/c1-8(9)13-6-4-2-3-5-7-14(10,11)12;/h2-7H2,1H3,(H,10,11,12);. The van der Waals surface area contributed by atoms with Gasteiger partial charge in [0.15, 0.2) is 0 Å². The molecule has 0 atom stereocenters. The molecule has 0 heterocycles. The Kier molecular flexibility index (Phi) is 11.4. The third-order valence-corrected chi connectivity index (χ3v) is 2.41. The van der Waals surface area contributed by atoms with Gasteiger partial charge in [0.2, 0.25) is 0 Å². The van der Waals surface area contributed by atoms with Crippen LogP contribution in [0.2, 0.25) is 0 Å². The summed E-state index contributed by atoms with van der Waals surface area (Å²) < 4.78 is 33.7. The Bertz CT molecular complexity index is 262. The van der Waals surface area contributed by atoms with Crippen LogP contribution >= 0.6 is 0 Å². The topological polar surface area (TPSA) is 80.7 Å².